The van der Waals surface area contributed by atoms with Crippen LogP contribution in [0.5, 0.6) is 0 Å². The van der Waals surface area contributed by atoms with Crippen molar-refractivity contribution < 1.29 is 4.74 Å². The van der Waals surface area contributed by atoms with Crippen molar-refractivity contribution in [2.45, 2.75) is 142 Å². The molecule has 0 aromatic heterocycles. The summed E-state index contributed by atoms with van der Waals surface area (Å²) >= 11 is 0. The van der Waals surface area contributed by atoms with E-state index in [1.165, 1.54) is 122 Å². The van der Waals surface area contributed by atoms with Crippen LogP contribution in [0.3, 0.4) is 0 Å². The minimum absolute atomic E-state index is 0.412. The number of ether oxygens (including phenoxy) is 1. The van der Waals surface area contributed by atoms with E-state index in [1.807, 2.05) is 0 Å². The summed E-state index contributed by atoms with van der Waals surface area (Å²) in [5.74, 6) is 15.4. The molecule has 0 heterocycles. The van der Waals surface area contributed by atoms with Crippen LogP contribution in [0.1, 0.15) is 142 Å². The predicted octanol–water partition coefficient (Wildman–Crippen LogP) is 10.1. The summed E-state index contributed by atoms with van der Waals surface area (Å²) in [7, 11) is 0. The maximum atomic E-state index is 5.66. The Balaban J connectivity index is 1.07. The Morgan fingerprint density at radius 2 is 1.46 bits per heavy atom. The molecular formula is C36H56O. The first-order valence-electron chi connectivity index (χ1n) is 16.5. The summed E-state index contributed by atoms with van der Waals surface area (Å²) in [4.78, 5) is 0. The summed E-state index contributed by atoms with van der Waals surface area (Å²) in [5, 5.41) is 0. The number of rotatable bonds is 12. The van der Waals surface area contributed by atoms with E-state index in [-0.39, 0.29) is 0 Å². The van der Waals surface area contributed by atoms with Crippen molar-refractivity contribution in [3.8, 4) is 23.9 Å². The van der Waals surface area contributed by atoms with E-state index < -0.39 is 0 Å². The highest BCUT2D eigenvalue weighted by molar-refractivity contribution is 5.15. The van der Waals surface area contributed by atoms with Gasteiger partial charge in [-0.3, -0.25) is 0 Å². The van der Waals surface area contributed by atoms with Gasteiger partial charge >= 0.3 is 0 Å². The molecule has 1 unspecified atom stereocenters. The fourth-order valence-electron chi connectivity index (χ4n) is 8.86. The molecule has 3 saturated carbocycles. The van der Waals surface area contributed by atoms with Crippen LogP contribution in [-0.4, -0.2) is 6.61 Å². The van der Waals surface area contributed by atoms with Gasteiger partial charge in [0.1, 0.15) is 6.11 Å². The average Bonchev–Trinajstić information content (AvgIpc) is 3.26. The Labute approximate surface area is 230 Å². The lowest BCUT2D eigenvalue weighted by atomic mass is 9.50. The lowest BCUT2D eigenvalue weighted by Gasteiger charge is -2.54. The third kappa shape index (κ3) is 7.84. The van der Waals surface area contributed by atoms with Gasteiger partial charge in [-0.05, 0) is 92.8 Å². The first-order valence-corrected chi connectivity index (χ1v) is 16.5. The van der Waals surface area contributed by atoms with Crippen LogP contribution in [0.25, 0.3) is 0 Å². The number of hydrogen-bond donors (Lipinski definition) is 0. The molecule has 0 spiro atoms. The maximum absolute atomic E-state index is 5.66. The van der Waals surface area contributed by atoms with Gasteiger partial charge in [0.2, 0.25) is 0 Å². The van der Waals surface area contributed by atoms with Crippen molar-refractivity contribution >= 4 is 0 Å². The van der Waals surface area contributed by atoms with Crippen molar-refractivity contribution in [1.29, 1.82) is 0 Å². The molecule has 0 aromatic rings. The number of hydrogen-bond acceptors (Lipinski definition) is 1. The van der Waals surface area contributed by atoms with Gasteiger partial charge in [-0.15, -0.1) is 0 Å². The zero-order valence-corrected chi connectivity index (χ0v) is 24.4. The highest BCUT2D eigenvalue weighted by Gasteiger charge is 2.56. The molecule has 7 atom stereocenters. The molecule has 0 N–H and O–H groups in total. The van der Waals surface area contributed by atoms with E-state index in [0.717, 1.165) is 36.0 Å². The van der Waals surface area contributed by atoms with Crippen LogP contribution in [0.4, 0.5) is 0 Å². The third-order valence-electron chi connectivity index (χ3n) is 11.0. The standard InChI is InChI=1S/C36H56O/c1-3-4-5-6-7-8-9-10-11-12-13-14-15-18-28-37-29-26-31-22-24-35-34-23-21-30-19-16-17-20-32(30)33(34)25-27-36(31,35)2/h16-17,30-35H,3-14,19-25,27-28H2,1-2H3/t30?,31-,32-,33+,34+,35-,36+/m0/s1. The largest absolute Gasteiger partial charge is 0.433 e. The predicted molar refractivity (Wildman–Crippen MR) is 158 cm³/mol. The molecule has 0 aromatic carbocycles. The lowest BCUT2D eigenvalue weighted by molar-refractivity contribution is -0.0453. The quantitative estimate of drug-likeness (QED) is 0.146. The summed E-state index contributed by atoms with van der Waals surface area (Å²) in [5.41, 5.74) is 0.412. The second-order valence-corrected chi connectivity index (χ2v) is 13.2. The zero-order valence-electron chi connectivity index (χ0n) is 24.4. The van der Waals surface area contributed by atoms with E-state index >= 15 is 0 Å². The monoisotopic (exact) mass is 504 g/mol. The van der Waals surface area contributed by atoms with Gasteiger partial charge in [0.25, 0.3) is 0 Å². The van der Waals surface area contributed by atoms with Crippen LogP contribution in [0.2, 0.25) is 0 Å². The van der Waals surface area contributed by atoms with E-state index in [1.54, 1.807) is 0 Å². The van der Waals surface area contributed by atoms with Crippen molar-refractivity contribution in [3.05, 3.63) is 12.2 Å². The molecule has 4 rings (SSSR count). The van der Waals surface area contributed by atoms with E-state index in [0.29, 0.717) is 17.9 Å². The van der Waals surface area contributed by atoms with Gasteiger partial charge in [-0.1, -0.05) is 108 Å². The number of unbranched alkanes of at least 4 members (excludes halogenated alkanes) is 11. The molecule has 3 fully saturated rings. The summed E-state index contributed by atoms with van der Waals surface area (Å²) in [6.07, 6.45) is 35.5. The Kier molecular flexibility index (Phi) is 11.9. The molecule has 0 bridgehead atoms. The lowest BCUT2D eigenvalue weighted by Crippen LogP contribution is -2.47. The van der Waals surface area contributed by atoms with Crippen LogP contribution in [0.15, 0.2) is 12.2 Å². The van der Waals surface area contributed by atoms with Crippen molar-refractivity contribution in [3.63, 3.8) is 0 Å². The molecule has 0 saturated heterocycles. The summed E-state index contributed by atoms with van der Waals surface area (Å²) in [6, 6.07) is 0. The van der Waals surface area contributed by atoms with Crippen LogP contribution < -0.4 is 0 Å². The Hall–Kier alpha value is -1.34. The zero-order chi connectivity index (χ0) is 25.8. The van der Waals surface area contributed by atoms with E-state index in [9.17, 15) is 0 Å². The Morgan fingerprint density at radius 3 is 2.24 bits per heavy atom. The SMILES string of the molecule is CCCCCCCCCCCCCC#CCOC#C[C@@H]1CC[C@H]2[C@@H]3CCC4CC=CC[C@@H]4[C@H]3CC[C@]12C. The normalized spacial score (nSPS) is 33.8. The Bertz CT molecular complexity index is 817. The molecule has 0 amide bonds. The molecule has 0 radical (unpaired) electrons. The summed E-state index contributed by atoms with van der Waals surface area (Å²) < 4.78 is 5.66. The van der Waals surface area contributed by atoms with Gasteiger partial charge in [-0.25, -0.2) is 0 Å². The number of fused-ring (bicyclic) bond motifs is 5. The molecule has 1 nitrogen and oxygen atoms in total. The van der Waals surface area contributed by atoms with Gasteiger partial charge in [0, 0.05) is 12.3 Å². The Morgan fingerprint density at radius 1 is 0.730 bits per heavy atom. The summed E-state index contributed by atoms with van der Waals surface area (Å²) in [6.45, 7) is 5.33. The van der Waals surface area contributed by atoms with E-state index in [4.69, 9.17) is 4.74 Å². The fraction of sp³-hybridized carbons (Fsp3) is 0.833. The van der Waals surface area contributed by atoms with Crippen molar-refractivity contribution in [1.82, 2.24) is 0 Å². The molecule has 4 aliphatic rings. The minimum atomic E-state index is 0.412. The molecule has 1 heteroatoms. The second kappa shape index (κ2) is 15.3. The van der Waals surface area contributed by atoms with Crippen LogP contribution >= 0.6 is 0 Å². The van der Waals surface area contributed by atoms with Crippen LogP contribution in [-0.2, 0) is 4.74 Å². The van der Waals surface area contributed by atoms with E-state index in [2.05, 4.69) is 49.9 Å². The molecule has 206 valence electrons. The second-order valence-electron chi connectivity index (χ2n) is 13.2. The smallest absolute Gasteiger partial charge is 0.160 e. The highest BCUT2D eigenvalue weighted by atomic mass is 16.5. The number of allylic oxidation sites excluding steroid dienone is 2. The molecule has 4 aliphatic carbocycles. The van der Waals surface area contributed by atoms with Crippen molar-refractivity contribution in [2.24, 2.45) is 40.9 Å². The first-order chi connectivity index (χ1) is 18.2. The highest BCUT2D eigenvalue weighted by Crippen LogP contribution is 2.63. The fourth-order valence-corrected chi connectivity index (χ4v) is 8.86. The maximum Gasteiger partial charge on any atom is 0.160 e. The van der Waals surface area contributed by atoms with Crippen molar-refractivity contribution in [2.75, 3.05) is 6.61 Å². The molecule has 37 heavy (non-hydrogen) atoms. The van der Waals surface area contributed by atoms with Gasteiger partial charge < -0.3 is 4.74 Å². The minimum Gasteiger partial charge on any atom is -0.433 e. The average molecular weight is 505 g/mol. The van der Waals surface area contributed by atoms with Gasteiger partial charge in [0.05, 0.1) is 0 Å². The molecule has 0 aliphatic heterocycles. The molecular weight excluding hydrogens is 448 g/mol. The van der Waals surface area contributed by atoms with Gasteiger partial charge in [-0.2, -0.15) is 0 Å². The first kappa shape index (κ1) is 28.7. The van der Waals surface area contributed by atoms with Gasteiger partial charge in [0.15, 0.2) is 6.61 Å². The topological polar surface area (TPSA) is 9.23 Å². The third-order valence-corrected chi connectivity index (χ3v) is 11.0. The van der Waals surface area contributed by atoms with Crippen LogP contribution in [0, 0.1) is 64.8 Å².